The molecule has 1 aromatic heterocycles. The van der Waals surface area contributed by atoms with Gasteiger partial charge in [-0.15, -0.1) is 0 Å². The Balaban J connectivity index is 1.28. The van der Waals surface area contributed by atoms with E-state index in [0.717, 1.165) is 49.2 Å². The van der Waals surface area contributed by atoms with E-state index in [4.69, 9.17) is 11.6 Å². The van der Waals surface area contributed by atoms with Crippen LogP contribution < -0.4 is 9.62 Å². The molecule has 0 spiro atoms. The minimum Gasteiger partial charge on any atom is -0.371 e. The fourth-order valence-electron chi connectivity index (χ4n) is 5.21. The van der Waals surface area contributed by atoms with Crippen molar-refractivity contribution in [3.05, 3.63) is 88.7 Å². The molecule has 7 nitrogen and oxygen atoms in total. The molecular formula is C27H29ClN4O3S. The first kappa shape index (κ1) is 24.7. The second-order valence-electron chi connectivity index (χ2n) is 9.40. The number of carbonyl (C=O) groups is 1. The molecule has 36 heavy (non-hydrogen) atoms. The molecule has 0 bridgehead atoms. The Morgan fingerprint density at radius 3 is 2.50 bits per heavy atom. The number of fused-ring (bicyclic) bond motifs is 1. The van der Waals surface area contributed by atoms with Crippen molar-refractivity contribution in [1.82, 2.24) is 14.6 Å². The number of pyridine rings is 1. The summed E-state index contributed by atoms with van der Waals surface area (Å²) in [5, 5.41) is 0.184. The molecule has 1 amide bonds. The van der Waals surface area contributed by atoms with Crippen molar-refractivity contribution in [2.24, 2.45) is 0 Å². The summed E-state index contributed by atoms with van der Waals surface area (Å²) in [5.41, 5.74) is 3.65. The van der Waals surface area contributed by atoms with Gasteiger partial charge in [-0.1, -0.05) is 29.8 Å². The number of piperidine rings is 1. The van der Waals surface area contributed by atoms with Crippen LogP contribution >= 0.6 is 11.6 Å². The number of anilines is 1. The molecule has 2 aliphatic rings. The van der Waals surface area contributed by atoms with E-state index >= 15 is 0 Å². The number of aromatic nitrogens is 1. The van der Waals surface area contributed by atoms with E-state index in [0.29, 0.717) is 12.0 Å². The molecule has 1 aliphatic heterocycles. The number of nitrogens with one attached hydrogen (secondary N) is 1. The first-order chi connectivity index (χ1) is 17.3. The standard InChI is InChI=1S/C27H29ClN4O3S/c1-31(21-12-16-32(17-13-21)22-10-14-29-15-11-22)27(33)20-7-6-19-8-9-25(23(19)18-20)30-36(34,35)26-5-3-2-4-24(26)28/h2-7,10-11,14-15,18,21,25,30H,8-9,12-13,16-17H2,1H3/t25-/m1/s1. The number of sulfonamides is 1. The maximum absolute atomic E-state index is 13.4. The average molecular weight is 525 g/mol. The largest absolute Gasteiger partial charge is 0.371 e. The topological polar surface area (TPSA) is 82.6 Å². The number of benzene rings is 2. The van der Waals surface area contributed by atoms with E-state index in [2.05, 4.69) is 14.6 Å². The normalized spacial score (nSPS) is 18.2. The lowest BCUT2D eigenvalue weighted by Crippen LogP contribution is -2.45. The van der Waals surface area contributed by atoms with Gasteiger partial charge in [0.15, 0.2) is 0 Å². The zero-order chi connectivity index (χ0) is 25.3. The minimum atomic E-state index is -3.80. The third-order valence-corrected chi connectivity index (χ3v) is 9.23. The Morgan fingerprint density at radius 1 is 1.06 bits per heavy atom. The molecule has 0 unspecified atom stereocenters. The number of amides is 1. The quantitative estimate of drug-likeness (QED) is 0.515. The highest BCUT2D eigenvalue weighted by Gasteiger charge is 2.31. The van der Waals surface area contributed by atoms with Gasteiger partial charge < -0.3 is 9.80 Å². The molecule has 1 aliphatic carbocycles. The summed E-state index contributed by atoms with van der Waals surface area (Å²) in [6, 6.07) is 15.8. The monoisotopic (exact) mass is 524 g/mol. The fourth-order valence-corrected chi connectivity index (χ4v) is 6.98. The van der Waals surface area contributed by atoms with Crippen molar-refractivity contribution < 1.29 is 13.2 Å². The summed E-state index contributed by atoms with van der Waals surface area (Å²) in [7, 11) is -1.94. The van der Waals surface area contributed by atoms with Gasteiger partial charge in [0.2, 0.25) is 10.0 Å². The maximum Gasteiger partial charge on any atom is 0.253 e. The van der Waals surface area contributed by atoms with Crippen molar-refractivity contribution in [2.75, 3.05) is 25.0 Å². The smallest absolute Gasteiger partial charge is 0.253 e. The van der Waals surface area contributed by atoms with Crippen LogP contribution in [-0.4, -0.2) is 50.4 Å². The molecule has 188 valence electrons. The van der Waals surface area contributed by atoms with Gasteiger partial charge in [-0.3, -0.25) is 9.78 Å². The summed E-state index contributed by atoms with van der Waals surface area (Å²) >= 11 is 6.14. The van der Waals surface area contributed by atoms with Gasteiger partial charge in [-0.25, -0.2) is 13.1 Å². The van der Waals surface area contributed by atoms with E-state index < -0.39 is 16.1 Å². The highest BCUT2D eigenvalue weighted by molar-refractivity contribution is 7.89. The van der Waals surface area contributed by atoms with Gasteiger partial charge in [0.05, 0.1) is 5.02 Å². The second kappa shape index (κ2) is 10.2. The van der Waals surface area contributed by atoms with Crippen LogP contribution in [-0.2, 0) is 16.4 Å². The molecule has 3 aromatic rings. The van der Waals surface area contributed by atoms with Crippen molar-refractivity contribution in [3.63, 3.8) is 0 Å². The van der Waals surface area contributed by atoms with Crippen LogP contribution in [0.25, 0.3) is 0 Å². The summed E-state index contributed by atoms with van der Waals surface area (Å²) in [6.07, 6.45) is 6.76. The van der Waals surface area contributed by atoms with Crippen molar-refractivity contribution in [2.45, 2.75) is 42.7 Å². The van der Waals surface area contributed by atoms with E-state index in [1.807, 2.05) is 42.3 Å². The van der Waals surface area contributed by atoms with E-state index in [9.17, 15) is 13.2 Å². The first-order valence-corrected chi connectivity index (χ1v) is 14.0. The summed E-state index contributed by atoms with van der Waals surface area (Å²) in [4.78, 5) is 21.7. The molecule has 1 N–H and O–H groups in total. The molecule has 2 aromatic carbocycles. The Kier molecular flexibility index (Phi) is 7.01. The van der Waals surface area contributed by atoms with Crippen LogP contribution in [0.15, 0.2) is 71.9 Å². The molecule has 5 rings (SSSR count). The number of hydrogen-bond donors (Lipinski definition) is 1. The van der Waals surface area contributed by atoms with Gasteiger partial charge in [-0.2, -0.15) is 0 Å². The molecule has 0 saturated carbocycles. The van der Waals surface area contributed by atoms with E-state index in [1.165, 1.54) is 6.07 Å². The molecule has 1 fully saturated rings. The molecule has 0 radical (unpaired) electrons. The number of aryl methyl sites for hydroxylation is 1. The third-order valence-electron chi connectivity index (χ3n) is 7.25. The number of hydrogen-bond acceptors (Lipinski definition) is 5. The van der Waals surface area contributed by atoms with Crippen LogP contribution in [0.4, 0.5) is 5.69 Å². The number of rotatable bonds is 6. The van der Waals surface area contributed by atoms with Gasteiger partial charge in [0, 0.05) is 55.9 Å². The van der Waals surface area contributed by atoms with Gasteiger partial charge in [-0.05, 0) is 73.2 Å². The average Bonchev–Trinajstić information content (AvgIpc) is 3.29. The van der Waals surface area contributed by atoms with Crippen molar-refractivity contribution >= 4 is 33.2 Å². The van der Waals surface area contributed by atoms with E-state index in [1.54, 1.807) is 30.6 Å². The van der Waals surface area contributed by atoms with Gasteiger partial charge >= 0.3 is 0 Å². The van der Waals surface area contributed by atoms with Crippen LogP contribution in [0, 0.1) is 0 Å². The van der Waals surface area contributed by atoms with Gasteiger partial charge in [0.1, 0.15) is 4.90 Å². The first-order valence-electron chi connectivity index (χ1n) is 12.2. The SMILES string of the molecule is CN(C(=O)c1ccc2c(c1)[C@H](NS(=O)(=O)c1ccccc1Cl)CC2)C1CCN(c2ccncc2)CC1. The highest BCUT2D eigenvalue weighted by atomic mass is 35.5. The highest BCUT2D eigenvalue weighted by Crippen LogP contribution is 2.34. The Morgan fingerprint density at radius 2 is 1.78 bits per heavy atom. The molecule has 2 heterocycles. The maximum atomic E-state index is 13.4. The van der Waals surface area contributed by atoms with Crippen molar-refractivity contribution in [1.29, 1.82) is 0 Å². The van der Waals surface area contributed by atoms with Crippen molar-refractivity contribution in [3.8, 4) is 0 Å². The summed E-state index contributed by atoms with van der Waals surface area (Å²) in [6.45, 7) is 1.75. The molecule has 1 saturated heterocycles. The summed E-state index contributed by atoms with van der Waals surface area (Å²) < 4.78 is 28.8. The Bertz CT molecular complexity index is 1360. The molecule has 9 heteroatoms. The Hall–Kier alpha value is -2.94. The van der Waals surface area contributed by atoms with Crippen LogP contribution in [0.1, 0.15) is 46.8 Å². The minimum absolute atomic E-state index is 0.0419. The summed E-state index contributed by atoms with van der Waals surface area (Å²) in [5.74, 6) is -0.0419. The second-order valence-corrected chi connectivity index (χ2v) is 11.5. The third kappa shape index (κ3) is 4.98. The number of carbonyl (C=O) groups excluding carboxylic acids is 1. The lowest BCUT2D eigenvalue weighted by atomic mass is 10.0. The fraction of sp³-hybridized carbons (Fsp3) is 0.333. The zero-order valence-corrected chi connectivity index (χ0v) is 21.7. The number of nitrogens with zero attached hydrogens (tertiary/aromatic N) is 3. The van der Waals surface area contributed by atoms with Crippen LogP contribution in [0.2, 0.25) is 5.02 Å². The van der Waals surface area contributed by atoms with E-state index in [-0.39, 0.29) is 21.9 Å². The van der Waals surface area contributed by atoms with Crippen LogP contribution in [0.5, 0.6) is 0 Å². The zero-order valence-electron chi connectivity index (χ0n) is 20.1. The Labute approximate surface area is 217 Å². The van der Waals surface area contributed by atoms with Gasteiger partial charge in [0.25, 0.3) is 5.91 Å². The molecular weight excluding hydrogens is 496 g/mol. The predicted octanol–water partition coefficient (Wildman–Crippen LogP) is 4.44. The lowest BCUT2D eigenvalue weighted by Gasteiger charge is -2.38. The predicted molar refractivity (Wildman–Crippen MR) is 141 cm³/mol. The number of halogens is 1. The lowest BCUT2D eigenvalue weighted by molar-refractivity contribution is 0.0709. The molecule has 1 atom stereocenters. The van der Waals surface area contributed by atoms with Crippen LogP contribution in [0.3, 0.4) is 0 Å².